The summed E-state index contributed by atoms with van der Waals surface area (Å²) in [6.45, 7) is -0.0118. The van der Waals surface area contributed by atoms with Gasteiger partial charge in [0, 0.05) is 16.5 Å². The van der Waals surface area contributed by atoms with Crippen molar-refractivity contribution in [1.29, 1.82) is 10.8 Å². The zero-order valence-corrected chi connectivity index (χ0v) is 16.0. The number of rotatable bonds is 7. The first-order valence-electron chi connectivity index (χ1n) is 9.19. The molecule has 0 fully saturated rings. The predicted molar refractivity (Wildman–Crippen MR) is 116 cm³/mol. The number of nitrogens with one attached hydrogen (secondary N) is 2. The Kier molecular flexibility index (Phi) is 5.09. The van der Waals surface area contributed by atoms with Crippen LogP contribution in [-0.4, -0.2) is 18.5 Å². The van der Waals surface area contributed by atoms with Crippen LogP contribution in [0.2, 0.25) is 0 Å². The lowest BCUT2D eigenvalue weighted by Gasteiger charge is -2.11. The van der Waals surface area contributed by atoms with Gasteiger partial charge in [0.2, 0.25) is 6.79 Å². The number of nitrogen functional groups attached to an aromatic ring is 2. The summed E-state index contributed by atoms with van der Waals surface area (Å²) >= 11 is 0. The second kappa shape index (κ2) is 8.00. The van der Waals surface area contributed by atoms with Gasteiger partial charge in [-0.15, -0.1) is 0 Å². The highest BCUT2D eigenvalue weighted by molar-refractivity contribution is 5.99. The molecule has 7 heteroatoms. The van der Waals surface area contributed by atoms with Gasteiger partial charge in [-0.3, -0.25) is 10.8 Å². The second-order valence-corrected chi connectivity index (χ2v) is 6.62. The summed E-state index contributed by atoms with van der Waals surface area (Å²) in [6.07, 6.45) is 0. The topological polar surface area (TPSA) is 131 Å². The largest absolute Gasteiger partial charge is 0.458 e. The van der Waals surface area contributed by atoms with Gasteiger partial charge in [0.15, 0.2) is 0 Å². The van der Waals surface area contributed by atoms with E-state index in [1.165, 1.54) is 0 Å². The smallest absolute Gasteiger partial charge is 0.230 e. The van der Waals surface area contributed by atoms with Crippen LogP contribution in [0.1, 0.15) is 11.1 Å². The monoisotopic (exact) mass is 400 g/mol. The summed E-state index contributed by atoms with van der Waals surface area (Å²) in [5, 5.41) is 16.0. The Balaban J connectivity index is 1.44. The molecule has 0 aliphatic carbocycles. The van der Waals surface area contributed by atoms with Crippen molar-refractivity contribution >= 4 is 22.6 Å². The summed E-state index contributed by atoms with van der Waals surface area (Å²) in [6, 6.07) is 21.8. The maximum atomic E-state index is 7.59. The number of hydrogen-bond acceptors (Lipinski definition) is 5. The van der Waals surface area contributed by atoms with E-state index in [4.69, 9.17) is 36.2 Å². The SMILES string of the molecule is N=C(N)c1ccc2oc(-c3ccc(OCOc4ccccc4C(=N)N)cc3)cc2c1. The van der Waals surface area contributed by atoms with Gasteiger partial charge >= 0.3 is 0 Å². The van der Waals surface area contributed by atoms with E-state index in [2.05, 4.69) is 0 Å². The molecule has 150 valence electrons. The van der Waals surface area contributed by atoms with Gasteiger partial charge in [0.1, 0.15) is 34.5 Å². The van der Waals surface area contributed by atoms with Crippen molar-refractivity contribution in [2.24, 2.45) is 11.5 Å². The van der Waals surface area contributed by atoms with Gasteiger partial charge in [0.05, 0.1) is 5.56 Å². The fourth-order valence-electron chi connectivity index (χ4n) is 3.04. The van der Waals surface area contributed by atoms with Gasteiger partial charge < -0.3 is 25.4 Å². The average molecular weight is 400 g/mol. The summed E-state index contributed by atoms with van der Waals surface area (Å²) in [5.41, 5.74) is 13.9. The number of benzene rings is 3. The third-order valence-corrected chi connectivity index (χ3v) is 4.58. The third-order valence-electron chi connectivity index (χ3n) is 4.58. The zero-order valence-electron chi connectivity index (χ0n) is 16.0. The Morgan fingerprint density at radius 3 is 2.33 bits per heavy atom. The van der Waals surface area contributed by atoms with E-state index in [1.807, 2.05) is 48.5 Å². The van der Waals surface area contributed by atoms with E-state index < -0.39 is 0 Å². The van der Waals surface area contributed by atoms with Crippen LogP contribution in [0.3, 0.4) is 0 Å². The molecule has 1 aromatic heterocycles. The van der Waals surface area contributed by atoms with Crippen molar-refractivity contribution in [3.63, 3.8) is 0 Å². The summed E-state index contributed by atoms with van der Waals surface area (Å²) < 4.78 is 17.1. The number of fused-ring (bicyclic) bond motifs is 1. The minimum atomic E-state index is -0.0591. The van der Waals surface area contributed by atoms with Crippen molar-refractivity contribution in [3.8, 4) is 22.8 Å². The first kappa shape index (κ1) is 19.1. The fourth-order valence-corrected chi connectivity index (χ4v) is 3.04. The van der Waals surface area contributed by atoms with E-state index in [0.29, 0.717) is 28.4 Å². The molecule has 0 aliphatic heterocycles. The quantitative estimate of drug-likeness (QED) is 0.211. The molecule has 0 bridgehead atoms. The van der Waals surface area contributed by atoms with Crippen LogP contribution in [0.4, 0.5) is 0 Å². The molecule has 0 saturated heterocycles. The minimum Gasteiger partial charge on any atom is -0.458 e. The molecule has 3 aromatic carbocycles. The van der Waals surface area contributed by atoms with E-state index in [0.717, 1.165) is 16.5 Å². The van der Waals surface area contributed by atoms with Gasteiger partial charge in [-0.05, 0) is 60.7 Å². The second-order valence-electron chi connectivity index (χ2n) is 6.62. The van der Waals surface area contributed by atoms with Crippen LogP contribution in [-0.2, 0) is 0 Å². The number of amidine groups is 2. The maximum Gasteiger partial charge on any atom is 0.230 e. The first-order valence-corrected chi connectivity index (χ1v) is 9.19. The van der Waals surface area contributed by atoms with Crippen LogP contribution in [0.25, 0.3) is 22.3 Å². The van der Waals surface area contributed by atoms with Crippen LogP contribution >= 0.6 is 0 Å². The number of hydrogen-bond donors (Lipinski definition) is 4. The van der Waals surface area contributed by atoms with Gasteiger partial charge in [-0.2, -0.15) is 0 Å². The Morgan fingerprint density at radius 1 is 0.833 bits per heavy atom. The molecule has 1 heterocycles. The van der Waals surface area contributed by atoms with Gasteiger partial charge in [-0.25, -0.2) is 0 Å². The van der Waals surface area contributed by atoms with Crippen molar-refractivity contribution in [3.05, 3.63) is 83.9 Å². The lowest BCUT2D eigenvalue weighted by Crippen LogP contribution is -2.14. The molecule has 0 saturated carbocycles. The molecular formula is C23H20N4O3. The highest BCUT2D eigenvalue weighted by Crippen LogP contribution is 2.29. The Labute approximate surface area is 172 Å². The summed E-state index contributed by atoms with van der Waals surface area (Å²) in [5.74, 6) is 1.80. The standard InChI is InChI=1S/C23H20N4O3/c24-22(25)15-7-10-19-16(11-15)12-21(30-19)14-5-8-17(9-6-14)28-13-29-20-4-2-1-3-18(20)23(26)27/h1-12H,13H2,(H3,24,25)(H3,26,27). The van der Waals surface area contributed by atoms with Gasteiger partial charge in [0.25, 0.3) is 0 Å². The van der Waals surface area contributed by atoms with Crippen LogP contribution in [0.5, 0.6) is 11.5 Å². The molecular weight excluding hydrogens is 380 g/mol. The highest BCUT2D eigenvalue weighted by Gasteiger charge is 2.09. The van der Waals surface area contributed by atoms with Crippen molar-refractivity contribution in [1.82, 2.24) is 0 Å². The molecule has 0 aliphatic rings. The van der Waals surface area contributed by atoms with Crippen molar-refractivity contribution < 1.29 is 13.9 Å². The zero-order chi connectivity index (χ0) is 21.1. The number of para-hydroxylation sites is 1. The average Bonchev–Trinajstić information content (AvgIpc) is 3.18. The molecule has 4 rings (SSSR count). The fraction of sp³-hybridized carbons (Fsp3) is 0.0435. The van der Waals surface area contributed by atoms with E-state index in [9.17, 15) is 0 Å². The van der Waals surface area contributed by atoms with Gasteiger partial charge in [-0.1, -0.05) is 12.1 Å². The molecule has 0 spiro atoms. The normalized spacial score (nSPS) is 10.7. The molecule has 0 atom stereocenters. The first-order chi connectivity index (χ1) is 14.5. The lowest BCUT2D eigenvalue weighted by molar-refractivity contribution is 0.119. The number of ether oxygens (including phenoxy) is 2. The molecule has 7 nitrogen and oxygen atoms in total. The number of nitrogens with two attached hydrogens (primary N) is 2. The van der Waals surface area contributed by atoms with E-state index in [1.54, 1.807) is 24.3 Å². The highest BCUT2D eigenvalue weighted by atomic mass is 16.7. The predicted octanol–water partition coefficient (Wildman–Crippen LogP) is 4.08. The molecule has 6 N–H and O–H groups in total. The van der Waals surface area contributed by atoms with E-state index in [-0.39, 0.29) is 18.5 Å². The Morgan fingerprint density at radius 2 is 1.60 bits per heavy atom. The van der Waals surface area contributed by atoms with Crippen LogP contribution in [0, 0.1) is 10.8 Å². The number of furan rings is 1. The molecule has 30 heavy (non-hydrogen) atoms. The Hall–Kier alpha value is -4.26. The van der Waals surface area contributed by atoms with Crippen molar-refractivity contribution in [2.75, 3.05) is 6.79 Å². The minimum absolute atomic E-state index is 0.0118. The molecule has 0 unspecified atom stereocenters. The van der Waals surface area contributed by atoms with Crippen molar-refractivity contribution in [2.45, 2.75) is 0 Å². The molecule has 0 amide bonds. The summed E-state index contributed by atoms with van der Waals surface area (Å²) in [4.78, 5) is 0. The summed E-state index contributed by atoms with van der Waals surface area (Å²) in [7, 11) is 0. The third kappa shape index (κ3) is 3.95. The van der Waals surface area contributed by atoms with E-state index >= 15 is 0 Å². The van der Waals surface area contributed by atoms with Crippen LogP contribution < -0.4 is 20.9 Å². The lowest BCUT2D eigenvalue weighted by atomic mass is 10.1. The molecule has 0 radical (unpaired) electrons. The molecule has 4 aromatic rings. The Bertz CT molecular complexity index is 1230. The van der Waals surface area contributed by atoms with Crippen LogP contribution in [0.15, 0.2) is 77.2 Å². The maximum absolute atomic E-state index is 7.59.